The molecule has 0 unspecified atom stereocenters. The smallest absolute Gasteiger partial charge is 0.0672 e. The number of benzene rings is 1. The number of aryl methyl sites for hydroxylation is 1. The van der Waals surface area contributed by atoms with Crippen molar-refractivity contribution < 1.29 is 0 Å². The molecule has 0 saturated heterocycles. The molecule has 1 aromatic heterocycles. The molecule has 0 aliphatic heterocycles. The molecule has 2 heteroatoms. The molecule has 0 bridgehead atoms. The molecule has 0 spiro atoms. The second-order valence-electron chi connectivity index (χ2n) is 3.03. The minimum Gasteiger partial charge on any atom is -0.270 e. The normalized spacial score (nSPS) is 10.3. The zero-order chi connectivity index (χ0) is 9.26. The van der Waals surface area contributed by atoms with Crippen LogP contribution in [0, 0.1) is 14.0 Å². The second kappa shape index (κ2) is 3.05. The Hall–Kier alpha value is -1.57. The average molecular weight is 171 g/mol. The van der Waals surface area contributed by atoms with Crippen molar-refractivity contribution >= 4 is 0 Å². The third-order valence-electron chi connectivity index (χ3n) is 2.03. The Morgan fingerprint density at radius 3 is 2.46 bits per heavy atom. The van der Waals surface area contributed by atoms with Crippen LogP contribution in [0.5, 0.6) is 0 Å². The Labute approximate surface area is 77.8 Å². The van der Waals surface area contributed by atoms with Gasteiger partial charge in [0.1, 0.15) is 0 Å². The van der Waals surface area contributed by atoms with E-state index in [1.807, 2.05) is 31.3 Å². The van der Waals surface area contributed by atoms with Crippen LogP contribution in [0.15, 0.2) is 36.5 Å². The number of hydrogen-bond donors (Lipinski definition) is 0. The highest BCUT2D eigenvalue weighted by Crippen LogP contribution is 2.21. The summed E-state index contributed by atoms with van der Waals surface area (Å²) in [4.78, 5) is 0. The molecule has 0 saturated carbocycles. The molecule has 0 aliphatic carbocycles. The lowest BCUT2D eigenvalue weighted by Gasteiger charge is -1.96. The molecule has 65 valence electrons. The molecule has 0 amide bonds. The molecule has 13 heavy (non-hydrogen) atoms. The predicted molar refractivity (Wildman–Crippen MR) is 53.2 cm³/mol. The molecule has 1 radical (unpaired) electrons. The summed E-state index contributed by atoms with van der Waals surface area (Å²) in [7, 11) is 3.73. The number of rotatable bonds is 1. The van der Waals surface area contributed by atoms with Gasteiger partial charge in [-0.05, 0) is 12.5 Å². The van der Waals surface area contributed by atoms with E-state index in [-0.39, 0.29) is 0 Å². The monoisotopic (exact) mass is 171 g/mol. The van der Waals surface area contributed by atoms with E-state index in [1.54, 1.807) is 4.68 Å². The van der Waals surface area contributed by atoms with Crippen molar-refractivity contribution in [2.75, 3.05) is 0 Å². The lowest BCUT2D eigenvalue weighted by Crippen LogP contribution is -1.83. The lowest BCUT2D eigenvalue weighted by atomic mass is 10.1. The topological polar surface area (TPSA) is 17.8 Å². The molecular weight excluding hydrogens is 160 g/mol. The minimum atomic E-state index is 1.02. The van der Waals surface area contributed by atoms with Crippen molar-refractivity contribution in [3.8, 4) is 11.1 Å². The van der Waals surface area contributed by atoms with Crippen LogP contribution in [-0.2, 0) is 0 Å². The Balaban J connectivity index is 2.53. The highest BCUT2D eigenvalue weighted by atomic mass is 15.2. The largest absolute Gasteiger partial charge is 0.270 e. The zero-order valence-electron chi connectivity index (χ0n) is 7.57. The van der Waals surface area contributed by atoms with Crippen molar-refractivity contribution in [1.82, 2.24) is 9.78 Å². The van der Waals surface area contributed by atoms with E-state index in [2.05, 4.69) is 24.3 Å². The van der Waals surface area contributed by atoms with Crippen LogP contribution in [0.4, 0.5) is 0 Å². The van der Waals surface area contributed by atoms with Crippen LogP contribution in [-0.4, -0.2) is 9.78 Å². The van der Waals surface area contributed by atoms with Gasteiger partial charge >= 0.3 is 0 Å². The third kappa shape index (κ3) is 1.47. The van der Waals surface area contributed by atoms with Gasteiger partial charge < -0.3 is 0 Å². The van der Waals surface area contributed by atoms with Gasteiger partial charge in [0.25, 0.3) is 0 Å². The van der Waals surface area contributed by atoms with E-state index < -0.39 is 0 Å². The molecule has 2 rings (SSSR count). The first-order valence-corrected chi connectivity index (χ1v) is 4.20. The summed E-state index contributed by atoms with van der Waals surface area (Å²) >= 11 is 0. The van der Waals surface area contributed by atoms with E-state index in [9.17, 15) is 0 Å². The molecule has 1 aromatic carbocycles. The number of nitrogens with zero attached hydrogens (tertiary/aromatic N) is 2. The lowest BCUT2D eigenvalue weighted by molar-refractivity contribution is 0.859. The number of aromatic nitrogens is 2. The van der Waals surface area contributed by atoms with Crippen LogP contribution in [0.25, 0.3) is 11.1 Å². The first-order chi connectivity index (χ1) is 6.27. The summed E-state index contributed by atoms with van der Waals surface area (Å²) in [5, 5.41) is 4.19. The average Bonchev–Trinajstić information content (AvgIpc) is 2.47. The number of hydrogen-bond acceptors (Lipinski definition) is 1. The van der Waals surface area contributed by atoms with Gasteiger partial charge in [-0.3, -0.25) is 4.68 Å². The second-order valence-corrected chi connectivity index (χ2v) is 3.03. The van der Waals surface area contributed by atoms with E-state index in [0.717, 1.165) is 11.3 Å². The summed E-state index contributed by atoms with van der Waals surface area (Å²) in [5.74, 6) is 0. The van der Waals surface area contributed by atoms with Gasteiger partial charge in [-0.15, -0.1) is 0 Å². The fourth-order valence-corrected chi connectivity index (χ4v) is 1.42. The maximum Gasteiger partial charge on any atom is 0.0672 e. The SMILES string of the molecule is [CH2]n1cc(-c2ccccc2)c(C)n1. The summed E-state index contributed by atoms with van der Waals surface area (Å²) in [6.45, 7) is 1.99. The molecule has 0 N–H and O–H groups in total. The highest BCUT2D eigenvalue weighted by molar-refractivity contribution is 5.64. The summed E-state index contributed by atoms with van der Waals surface area (Å²) in [5.41, 5.74) is 3.35. The van der Waals surface area contributed by atoms with Crippen molar-refractivity contribution in [1.29, 1.82) is 0 Å². The van der Waals surface area contributed by atoms with E-state index in [4.69, 9.17) is 0 Å². The van der Waals surface area contributed by atoms with Crippen molar-refractivity contribution in [2.24, 2.45) is 0 Å². The van der Waals surface area contributed by atoms with Crippen molar-refractivity contribution in [3.05, 3.63) is 49.3 Å². The first-order valence-electron chi connectivity index (χ1n) is 4.20. The van der Waals surface area contributed by atoms with Crippen LogP contribution in [0.1, 0.15) is 5.69 Å². The molecule has 1 heterocycles. The zero-order valence-corrected chi connectivity index (χ0v) is 7.57. The van der Waals surface area contributed by atoms with E-state index in [0.29, 0.717) is 0 Å². The summed E-state index contributed by atoms with van der Waals surface area (Å²) < 4.78 is 1.59. The Morgan fingerprint density at radius 2 is 1.92 bits per heavy atom. The fraction of sp³-hybridized carbons (Fsp3) is 0.0909. The Morgan fingerprint density at radius 1 is 1.23 bits per heavy atom. The predicted octanol–water partition coefficient (Wildman–Crippen LogP) is 2.50. The minimum absolute atomic E-state index is 1.02. The van der Waals surface area contributed by atoms with Crippen LogP contribution >= 0.6 is 0 Å². The van der Waals surface area contributed by atoms with Gasteiger partial charge in [0.15, 0.2) is 0 Å². The fourth-order valence-electron chi connectivity index (χ4n) is 1.42. The summed E-state index contributed by atoms with van der Waals surface area (Å²) in [6, 6.07) is 10.2. The standard InChI is InChI=1S/C11H11N2/c1-9-11(8-13(2)12-9)10-6-4-3-5-7-10/h3-8H,2H2,1H3. The highest BCUT2D eigenvalue weighted by Gasteiger charge is 2.03. The van der Waals surface area contributed by atoms with Crippen LogP contribution in [0.2, 0.25) is 0 Å². The maximum absolute atomic E-state index is 4.19. The van der Waals surface area contributed by atoms with Gasteiger partial charge in [-0.2, -0.15) is 5.10 Å². The molecule has 2 nitrogen and oxygen atoms in total. The van der Waals surface area contributed by atoms with E-state index >= 15 is 0 Å². The van der Waals surface area contributed by atoms with Crippen LogP contribution in [0.3, 0.4) is 0 Å². The van der Waals surface area contributed by atoms with Gasteiger partial charge in [0, 0.05) is 11.8 Å². The molecular formula is C11H11N2. The van der Waals surface area contributed by atoms with Gasteiger partial charge in [-0.25, -0.2) is 0 Å². The van der Waals surface area contributed by atoms with Crippen molar-refractivity contribution in [3.63, 3.8) is 0 Å². The van der Waals surface area contributed by atoms with Crippen molar-refractivity contribution in [2.45, 2.75) is 6.92 Å². The molecule has 0 aliphatic rings. The Bertz CT molecular complexity index is 401. The maximum atomic E-state index is 4.19. The van der Waals surface area contributed by atoms with Gasteiger partial charge in [0.05, 0.1) is 12.7 Å². The molecule has 2 aromatic rings. The molecule has 0 atom stereocenters. The third-order valence-corrected chi connectivity index (χ3v) is 2.03. The Kier molecular flexibility index (Phi) is 1.89. The van der Waals surface area contributed by atoms with Gasteiger partial charge in [-0.1, -0.05) is 30.3 Å². The van der Waals surface area contributed by atoms with Gasteiger partial charge in [0.2, 0.25) is 0 Å². The first kappa shape index (κ1) is 8.05. The summed E-state index contributed by atoms with van der Waals surface area (Å²) in [6.07, 6.45) is 1.94. The van der Waals surface area contributed by atoms with Crippen LogP contribution < -0.4 is 0 Å². The molecule has 0 fully saturated rings. The quantitative estimate of drug-likeness (QED) is 0.644. The van der Waals surface area contributed by atoms with E-state index in [1.165, 1.54) is 5.56 Å².